The van der Waals surface area contributed by atoms with Gasteiger partial charge in [0.15, 0.2) is 0 Å². The van der Waals surface area contributed by atoms with Crippen LogP contribution in [-0.4, -0.2) is 41.5 Å². The Balaban J connectivity index is 4.02. The molecule has 0 bridgehead atoms. The van der Waals surface area contributed by atoms with Crippen LogP contribution in [0.3, 0.4) is 0 Å². The number of carbonyl (C=O) groups excluding carboxylic acids is 1. The Hall–Kier alpha value is -0.280. The van der Waals surface area contributed by atoms with Crippen LogP contribution in [-0.2, 0) is 4.79 Å². The Kier molecular flexibility index (Phi) is 11.6. The summed E-state index contributed by atoms with van der Waals surface area (Å²) in [5, 5.41) is 8.87. The molecule has 0 aliphatic carbocycles. The van der Waals surface area contributed by atoms with Gasteiger partial charge in [0.05, 0.1) is 0 Å². The van der Waals surface area contributed by atoms with Crippen molar-refractivity contribution in [1.82, 2.24) is 4.90 Å². The number of carbonyl (C=O) groups is 1. The summed E-state index contributed by atoms with van der Waals surface area (Å²) in [5.74, 6) is 0.361. The van der Waals surface area contributed by atoms with Crippen molar-refractivity contribution in [3.63, 3.8) is 0 Å². The first-order valence-electron chi connectivity index (χ1n) is 7.13. The number of aliphatic hydroxyl groups excluding tert-OH is 1. The number of alkyl halides is 1. The number of halogens is 1. The van der Waals surface area contributed by atoms with Gasteiger partial charge in [0.2, 0.25) is 5.91 Å². The molecule has 0 saturated carbocycles. The maximum absolute atomic E-state index is 12.1. The van der Waals surface area contributed by atoms with Gasteiger partial charge in [0.1, 0.15) is 0 Å². The van der Waals surface area contributed by atoms with E-state index < -0.39 is 0 Å². The molecule has 1 amide bonds. The molecule has 0 fully saturated rings. The van der Waals surface area contributed by atoms with Crippen molar-refractivity contribution in [1.29, 1.82) is 0 Å². The zero-order valence-electron chi connectivity index (χ0n) is 11.8. The van der Waals surface area contributed by atoms with Crippen molar-refractivity contribution >= 4 is 17.5 Å². The maximum Gasteiger partial charge on any atom is 0.226 e. The first-order chi connectivity index (χ1) is 8.67. The number of amides is 1. The number of unbranched alkanes of at least 4 members (excludes halogenated alkanes) is 4. The van der Waals surface area contributed by atoms with E-state index in [0.717, 1.165) is 13.0 Å². The predicted molar refractivity (Wildman–Crippen MR) is 76.9 cm³/mol. The molecule has 0 aromatic rings. The lowest BCUT2D eigenvalue weighted by Crippen LogP contribution is -2.37. The van der Waals surface area contributed by atoms with Gasteiger partial charge in [-0.2, -0.15) is 0 Å². The zero-order valence-corrected chi connectivity index (χ0v) is 12.6. The van der Waals surface area contributed by atoms with E-state index in [4.69, 9.17) is 16.7 Å². The Labute approximate surface area is 117 Å². The third kappa shape index (κ3) is 7.93. The molecule has 0 heterocycles. The molecule has 18 heavy (non-hydrogen) atoms. The van der Waals surface area contributed by atoms with Gasteiger partial charge in [0.25, 0.3) is 0 Å². The molecule has 0 aliphatic rings. The van der Waals surface area contributed by atoms with Crippen LogP contribution in [0.1, 0.15) is 52.4 Å². The molecule has 1 unspecified atom stereocenters. The van der Waals surface area contributed by atoms with Gasteiger partial charge in [-0.15, -0.1) is 11.6 Å². The lowest BCUT2D eigenvalue weighted by Gasteiger charge is -2.25. The van der Waals surface area contributed by atoms with Gasteiger partial charge in [-0.25, -0.2) is 0 Å². The molecule has 0 radical (unpaired) electrons. The van der Waals surface area contributed by atoms with E-state index in [1.54, 1.807) is 0 Å². The number of nitrogens with zero attached hydrogens (tertiary/aromatic N) is 1. The number of rotatable bonds is 11. The largest absolute Gasteiger partial charge is 0.396 e. The quantitative estimate of drug-likeness (QED) is 0.466. The highest BCUT2D eigenvalue weighted by Crippen LogP contribution is 2.09. The van der Waals surface area contributed by atoms with Crippen LogP contribution in [0.2, 0.25) is 0 Å². The second kappa shape index (κ2) is 11.8. The highest BCUT2D eigenvalue weighted by atomic mass is 35.5. The number of aliphatic hydroxyl groups is 1. The summed E-state index contributed by atoms with van der Waals surface area (Å²) in [5.41, 5.74) is 0. The SMILES string of the molecule is CCCCCCCN(CCCO)C(=O)C(C)CCl. The second-order valence-corrected chi connectivity index (χ2v) is 5.18. The van der Waals surface area contributed by atoms with E-state index in [-0.39, 0.29) is 18.4 Å². The average Bonchev–Trinajstić information content (AvgIpc) is 2.40. The molecule has 1 atom stereocenters. The second-order valence-electron chi connectivity index (χ2n) is 4.87. The normalized spacial score (nSPS) is 12.4. The monoisotopic (exact) mass is 277 g/mol. The van der Waals surface area contributed by atoms with Gasteiger partial charge in [-0.1, -0.05) is 39.5 Å². The van der Waals surface area contributed by atoms with E-state index >= 15 is 0 Å². The summed E-state index contributed by atoms with van der Waals surface area (Å²) >= 11 is 5.73. The van der Waals surface area contributed by atoms with Crippen LogP contribution < -0.4 is 0 Å². The van der Waals surface area contributed by atoms with Gasteiger partial charge in [0, 0.05) is 31.5 Å². The number of hydrogen-bond donors (Lipinski definition) is 1. The summed E-state index contributed by atoms with van der Waals surface area (Å²) < 4.78 is 0. The third-order valence-corrected chi connectivity index (χ3v) is 3.55. The van der Waals surface area contributed by atoms with Gasteiger partial charge in [-0.05, 0) is 12.8 Å². The zero-order chi connectivity index (χ0) is 13.8. The molecule has 108 valence electrons. The first kappa shape index (κ1) is 17.7. The van der Waals surface area contributed by atoms with Crippen LogP contribution in [0, 0.1) is 5.92 Å². The average molecular weight is 278 g/mol. The summed E-state index contributed by atoms with van der Waals surface area (Å²) in [6.07, 6.45) is 6.61. The van der Waals surface area contributed by atoms with Gasteiger partial charge >= 0.3 is 0 Å². The first-order valence-corrected chi connectivity index (χ1v) is 7.66. The summed E-state index contributed by atoms with van der Waals surface area (Å²) in [6, 6.07) is 0. The minimum Gasteiger partial charge on any atom is -0.396 e. The van der Waals surface area contributed by atoms with Crippen molar-refractivity contribution in [3.05, 3.63) is 0 Å². The molecule has 0 aromatic carbocycles. The maximum atomic E-state index is 12.1. The van der Waals surface area contributed by atoms with Crippen LogP contribution in [0.4, 0.5) is 0 Å². The van der Waals surface area contributed by atoms with Crippen molar-refractivity contribution in [2.24, 2.45) is 5.92 Å². The topological polar surface area (TPSA) is 40.5 Å². The van der Waals surface area contributed by atoms with Crippen LogP contribution >= 0.6 is 11.6 Å². The molecule has 3 nitrogen and oxygen atoms in total. The molecule has 0 aliphatic heterocycles. The summed E-state index contributed by atoms with van der Waals surface area (Å²) in [4.78, 5) is 13.9. The van der Waals surface area contributed by atoms with Crippen molar-refractivity contribution < 1.29 is 9.90 Å². The van der Waals surface area contributed by atoms with Crippen molar-refractivity contribution in [2.75, 3.05) is 25.6 Å². The Bertz CT molecular complexity index is 212. The molecule has 0 aromatic heterocycles. The highest BCUT2D eigenvalue weighted by Gasteiger charge is 2.18. The van der Waals surface area contributed by atoms with Gasteiger partial charge < -0.3 is 10.0 Å². The minimum atomic E-state index is -0.124. The van der Waals surface area contributed by atoms with Crippen molar-refractivity contribution in [3.8, 4) is 0 Å². The van der Waals surface area contributed by atoms with Crippen LogP contribution in [0.15, 0.2) is 0 Å². The van der Waals surface area contributed by atoms with Gasteiger partial charge in [-0.3, -0.25) is 4.79 Å². The minimum absolute atomic E-state index is 0.119. The molecule has 1 N–H and O–H groups in total. The molecule has 4 heteroatoms. The highest BCUT2D eigenvalue weighted by molar-refractivity contribution is 6.19. The predicted octanol–water partition coefficient (Wildman–Crippen LogP) is 3.04. The fourth-order valence-corrected chi connectivity index (χ4v) is 2.01. The van der Waals surface area contributed by atoms with E-state index in [9.17, 15) is 4.79 Å². The summed E-state index contributed by atoms with van der Waals surface area (Å²) in [7, 11) is 0. The van der Waals surface area contributed by atoms with Crippen LogP contribution in [0.25, 0.3) is 0 Å². The van der Waals surface area contributed by atoms with Crippen LogP contribution in [0.5, 0.6) is 0 Å². The molecule has 0 rings (SSSR count). The Morgan fingerprint density at radius 2 is 1.78 bits per heavy atom. The molecular weight excluding hydrogens is 250 g/mol. The molecular formula is C14H28ClNO2. The number of hydrogen-bond acceptors (Lipinski definition) is 2. The van der Waals surface area contributed by atoms with E-state index in [2.05, 4.69) is 6.92 Å². The third-order valence-electron chi connectivity index (χ3n) is 3.08. The lowest BCUT2D eigenvalue weighted by molar-refractivity contribution is -0.134. The van der Waals surface area contributed by atoms with E-state index in [1.807, 2.05) is 11.8 Å². The molecule has 0 spiro atoms. The Morgan fingerprint density at radius 3 is 2.33 bits per heavy atom. The Morgan fingerprint density at radius 1 is 1.17 bits per heavy atom. The summed E-state index contributed by atoms with van der Waals surface area (Å²) in [6.45, 7) is 5.63. The van der Waals surface area contributed by atoms with E-state index in [0.29, 0.717) is 18.8 Å². The molecule has 0 saturated heterocycles. The van der Waals surface area contributed by atoms with Crippen molar-refractivity contribution in [2.45, 2.75) is 52.4 Å². The van der Waals surface area contributed by atoms with E-state index in [1.165, 1.54) is 25.7 Å². The lowest BCUT2D eigenvalue weighted by atomic mass is 10.1. The standard InChI is InChI=1S/C14H28ClNO2/c1-3-4-5-6-7-9-16(10-8-11-17)14(18)13(2)12-15/h13,17H,3-12H2,1-2H3. The fraction of sp³-hybridized carbons (Fsp3) is 0.929. The fourth-order valence-electron chi connectivity index (χ4n) is 1.88. The smallest absolute Gasteiger partial charge is 0.226 e.